The number of benzene rings is 1. The van der Waals surface area contributed by atoms with Crippen molar-refractivity contribution in [2.24, 2.45) is 7.05 Å². The third kappa shape index (κ3) is 1.70. The molecule has 2 N–H and O–H groups in total. The van der Waals surface area contributed by atoms with Gasteiger partial charge in [0.25, 0.3) is 0 Å². The van der Waals surface area contributed by atoms with Gasteiger partial charge < -0.3 is 10.3 Å². The van der Waals surface area contributed by atoms with Crippen LogP contribution in [0.25, 0.3) is 22.4 Å². The molecule has 0 spiro atoms. The number of pyridine rings is 1. The molecule has 2 heterocycles. The Balaban J connectivity index is 2.37. The molecule has 3 rings (SSSR count). The molecule has 5 heteroatoms. The minimum Gasteiger partial charge on any atom is -0.383 e. The predicted molar refractivity (Wildman–Crippen MR) is 77.8 cm³/mol. The fourth-order valence-electron chi connectivity index (χ4n) is 2.38. The fraction of sp³-hybridized carbons (Fsp3) is 0.133. The van der Waals surface area contributed by atoms with Crippen LogP contribution in [0.15, 0.2) is 30.3 Å². The number of aromatic nitrogens is 3. The lowest BCUT2D eigenvalue weighted by Crippen LogP contribution is -2.02. The molecule has 0 unspecified atom stereocenters. The van der Waals surface area contributed by atoms with Crippen LogP contribution in [-0.4, -0.2) is 14.5 Å². The zero-order chi connectivity index (χ0) is 14.3. The van der Waals surface area contributed by atoms with Gasteiger partial charge in [-0.05, 0) is 25.1 Å². The second-order valence-corrected chi connectivity index (χ2v) is 4.67. The molecular formula is C15H13N5. The first-order valence-electron chi connectivity index (χ1n) is 6.21. The lowest BCUT2D eigenvalue weighted by atomic mass is 10.1. The first kappa shape index (κ1) is 12.2. The van der Waals surface area contributed by atoms with Crippen molar-refractivity contribution in [2.45, 2.75) is 6.92 Å². The van der Waals surface area contributed by atoms with E-state index >= 15 is 0 Å². The van der Waals surface area contributed by atoms with Crippen molar-refractivity contribution in [3.05, 3.63) is 41.6 Å². The summed E-state index contributed by atoms with van der Waals surface area (Å²) in [7, 11) is 1.93. The van der Waals surface area contributed by atoms with Crippen molar-refractivity contribution in [3.8, 4) is 17.5 Å². The van der Waals surface area contributed by atoms with Gasteiger partial charge in [-0.1, -0.05) is 12.1 Å². The normalized spacial score (nSPS) is 10.7. The number of nitrogen functional groups attached to an aromatic ring is 1. The fourth-order valence-corrected chi connectivity index (χ4v) is 2.38. The van der Waals surface area contributed by atoms with Gasteiger partial charge in [0.15, 0.2) is 0 Å². The highest BCUT2D eigenvalue weighted by Crippen LogP contribution is 2.28. The van der Waals surface area contributed by atoms with Gasteiger partial charge in [-0.25, -0.2) is 9.97 Å². The van der Waals surface area contributed by atoms with E-state index in [1.54, 1.807) is 0 Å². The summed E-state index contributed by atoms with van der Waals surface area (Å²) in [4.78, 5) is 8.73. The molecule has 0 aliphatic carbocycles. The van der Waals surface area contributed by atoms with E-state index in [0.717, 1.165) is 28.1 Å². The maximum atomic E-state index is 9.31. The summed E-state index contributed by atoms with van der Waals surface area (Å²) in [6, 6.07) is 11.8. The van der Waals surface area contributed by atoms with Gasteiger partial charge >= 0.3 is 0 Å². The molecule has 0 saturated heterocycles. The highest BCUT2D eigenvalue weighted by molar-refractivity contribution is 5.83. The summed E-state index contributed by atoms with van der Waals surface area (Å²) in [6.07, 6.45) is 0. The topological polar surface area (TPSA) is 80.5 Å². The zero-order valence-electron chi connectivity index (χ0n) is 11.3. The third-order valence-electron chi connectivity index (χ3n) is 3.32. The molecule has 0 aliphatic heterocycles. The SMILES string of the molecule is Cc1cc(-c2nc3ccccc3n2C)c(C#N)c(N)n1. The molecule has 0 atom stereocenters. The van der Waals surface area contributed by atoms with Crippen molar-refractivity contribution >= 4 is 16.9 Å². The number of nitrogens with two attached hydrogens (primary N) is 1. The predicted octanol–water partition coefficient (Wildman–Crippen LogP) is 2.40. The van der Waals surface area contributed by atoms with Crippen LogP contribution >= 0.6 is 0 Å². The summed E-state index contributed by atoms with van der Waals surface area (Å²) in [6.45, 7) is 1.85. The number of hydrogen-bond donors (Lipinski definition) is 1. The molecule has 0 saturated carbocycles. The third-order valence-corrected chi connectivity index (χ3v) is 3.32. The van der Waals surface area contributed by atoms with Gasteiger partial charge in [-0.3, -0.25) is 0 Å². The minimum atomic E-state index is 0.245. The number of hydrogen-bond acceptors (Lipinski definition) is 4. The Labute approximate surface area is 116 Å². The molecule has 0 amide bonds. The van der Waals surface area contributed by atoms with Crippen LogP contribution in [0, 0.1) is 18.3 Å². The Morgan fingerprint density at radius 2 is 2.00 bits per heavy atom. The maximum absolute atomic E-state index is 9.31. The molecular weight excluding hydrogens is 250 g/mol. The average Bonchev–Trinajstić information content (AvgIpc) is 2.76. The number of nitriles is 1. The van der Waals surface area contributed by atoms with E-state index in [-0.39, 0.29) is 5.82 Å². The summed E-state index contributed by atoms with van der Waals surface area (Å²) in [5, 5.41) is 9.31. The second-order valence-electron chi connectivity index (χ2n) is 4.67. The molecule has 5 nitrogen and oxygen atoms in total. The van der Waals surface area contributed by atoms with Crippen LogP contribution in [0.1, 0.15) is 11.3 Å². The van der Waals surface area contributed by atoms with E-state index < -0.39 is 0 Å². The lowest BCUT2D eigenvalue weighted by molar-refractivity contribution is 0.957. The quantitative estimate of drug-likeness (QED) is 0.731. The smallest absolute Gasteiger partial charge is 0.142 e. The molecule has 0 bridgehead atoms. The van der Waals surface area contributed by atoms with Gasteiger partial charge in [0, 0.05) is 18.3 Å². The molecule has 0 fully saturated rings. The molecule has 1 aromatic carbocycles. The highest BCUT2D eigenvalue weighted by Gasteiger charge is 2.16. The largest absolute Gasteiger partial charge is 0.383 e. The number of nitrogens with zero attached hydrogens (tertiary/aromatic N) is 4. The number of para-hydroxylation sites is 2. The van der Waals surface area contributed by atoms with Crippen molar-refractivity contribution in [2.75, 3.05) is 5.73 Å². The Bertz CT molecular complexity index is 855. The van der Waals surface area contributed by atoms with Crippen molar-refractivity contribution in [1.29, 1.82) is 5.26 Å². The van der Waals surface area contributed by atoms with Gasteiger partial charge in [0.2, 0.25) is 0 Å². The van der Waals surface area contributed by atoms with E-state index in [1.807, 2.05) is 48.9 Å². The van der Waals surface area contributed by atoms with Crippen LogP contribution in [-0.2, 0) is 7.05 Å². The Morgan fingerprint density at radius 3 is 2.70 bits per heavy atom. The van der Waals surface area contributed by atoms with Crippen molar-refractivity contribution < 1.29 is 0 Å². The van der Waals surface area contributed by atoms with Crippen LogP contribution in [0.5, 0.6) is 0 Å². The standard InChI is InChI=1S/C15H13N5/c1-9-7-10(11(8-16)14(17)18-9)15-19-12-5-3-4-6-13(12)20(15)2/h3-7H,1-2H3,(H2,17,18). The Hall–Kier alpha value is -2.87. The van der Waals surface area contributed by atoms with E-state index in [9.17, 15) is 5.26 Å². The van der Waals surface area contributed by atoms with Gasteiger partial charge in [-0.15, -0.1) is 0 Å². The first-order chi connectivity index (χ1) is 9.61. The van der Waals surface area contributed by atoms with Gasteiger partial charge in [-0.2, -0.15) is 5.26 Å². The monoisotopic (exact) mass is 263 g/mol. The number of anilines is 1. The van der Waals surface area contributed by atoms with Gasteiger partial charge in [0.05, 0.1) is 11.0 Å². The Morgan fingerprint density at radius 1 is 1.25 bits per heavy atom. The molecule has 20 heavy (non-hydrogen) atoms. The van der Waals surface area contributed by atoms with E-state index in [2.05, 4.69) is 16.0 Å². The number of imidazole rings is 1. The zero-order valence-corrected chi connectivity index (χ0v) is 11.3. The number of aryl methyl sites for hydroxylation is 2. The number of fused-ring (bicyclic) bond motifs is 1. The summed E-state index contributed by atoms with van der Waals surface area (Å²) >= 11 is 0. The van der Waals surface area contributed by atoms with Crippen molar-refractivity contribution in [1.82, 2.24) is 14.5 Å². The Kier molecular flexibility index (Phi) is 2.65. The lowest BCUT2D eigenvalue weighted by Gasteiger charge is -2.07. The number of rotatable bonds is 1. The van der Waals surface area contributed by atoms with Crippen molar-refractivity contribution in [3.63, 3.8) is 0 Å². The van der Waals surface area contributed by atoms with E-state index in [1.165, 1.54) is 0 Å². The molecule has 0 aliphatic rings. The highest BCUT2D eigenvalue weighted by atomic mass is 15.1. The summed E-state index contributed by atoms with van der Waals surface area (Å²) in [5.41, 5.74) is 9.60. The van der Waals surface area contributed by atoms with E-state index in [0.29, 0.717) is 5.56 Å². The van der Waals surface area contributed by atoms with Crippen LogP contribution < -0.4 is 5.73 Å². The molecule has 2 aromatic heterocycles. The van der Waals surface area contributed by atoms with Crippen LogP contribution in [0.2, 0.25) is 0 Å². The summed E-state index contributed by atoms with van der Waals surface area (Å²) in [5.74, 6) is 0.967. The molecule has 98 valence electrons. The van der Waals surface area contributed by atoms with Gasteiger partial charge in [0.1, 0.15) is 23.3 Å². The molecule has 0 radical (unpaired) electrons. The average molecular weight is 263 g/mol. The molecule has 3 aromatic rings. The second kappa shape index (κ2) is 4.35. The first-order valence-corrected chi connectivity index (χ1v) is 6.21. The minimum absolute atomic E-state index is 0.245. The summed E-state index contributed by atoms with van der Waals surface area (Å²) < 4.78 is 1.96. The van der Waals surface area contributed by atoms with Crippen LogP contribution in [0.3, 0.4) is 0 Å². The maximum Gasteiger partial charge on any atom is 0.142 e. The van der Waals surface area contributed by atoms with Crippen LogP contribution in [0.4, 0.5) is 5.82 Å². The van der Waals surface area contributed by atoms with E-state index in [4.69, 9.17) is 5.73 Å².